The third kappa shape index (κ3) is 2.67. The van der Waals surface area contributed by atoms with Gasteiger partial charge >= 0.3 is 0 Å². The van der Waals surface area contributed by atoms with E-state index in [1.807, 2.05) is 0 Å². The maximum absolute atomic E-state index is 10.8. The lowest BCUT2D eigenvalue weighted by Gasteiger charge is -2.20. The fourth-order valence-electron chi connectivity index (χ4n) is 2.12. The van der Waals surface area contributed by atoms with Gasteiger partial charge in [-0.1, -0.05) is 0 Å². The van der Waals surface area contributed by atoms with Crippen LogP contribution in [0.5, 0.6) is 11.5 Å². The lowest BCUT2D eigenvalue weighted by molar-refractivity contribution is 0.0581. The van der Waals surface area contributed by atoms with Crippen molar-refractivity contribution in [3.8, 4) is 11.5 Å². The predicted octanol–water partition coefficient (Wildman–Crippen LogP) is 2.56. The van der Waals surface area contributed by atoms with Crippen molar-refractivity contribution < 1.29 is 19.4 Å². The monoisotopic (exact) mass is 314 g/mol. The molecule has 1 N–H and O–H groups in total. The molecule has 2 rings (SSSR count). The van der Waals surface area contributed by atoms with Gasteiger partial charge in [0.15, 0.2) is 11.5 Å². The van der Waals surface area contributed by atoms with E-state index < -0.39 is 6.10 Å². The molecule has 0 amide bonds. The van der Waals surface area contributed by atoms with Gasteiger partial charge in [0.1, 0.15) is 12.4 Å². The minimum Gasteiger partial charge on any atom is -0.493 e. The Kier molecular flexibility index (Phi) is 4.24. The number of benzene rings is 1. The molecule has 5 heteroatoms. The second-order valence-corrected chi connectivity index (χ2v) is 5.16. The molecule has 18 heavy (non-hydrogen) atoms. The summed E-state index contributed by atoms with van der Waals surface area (Å²) in [5.41, 5.74) is 0.512. The Labute approximate surface area is 114 Å². The van der Waals surface area contributed by atoms with E-state index in [9.17, 15) is 9.90 Å². The Morgan fingerprint density at radius 1 is 1.44 bits per heavy atom. The summed E-state index contributed by atoms with van der Waals surface area (Å²) in [6.07, 6.45) is 2.65. The summed E-state index contributed by atoms with van der Waals surface area (Å²) in [7, 11) is 1.52. The topological polar surface area (TPSA) is 55.8 Å². The Balaban J connectivity index is 2.28. The van der Waals surface area contributed by atoms with Gasteiger partial charge in [-0.25, -0.2) is 0 Å². The number of aliphatic hydroxyl groups excluding tert-OH is 1. The summed E-state index contributed by atoms with van der Waals surface area (Å²) in [5.74, 6) is 1.03. The molecular formula is C13H15BrO4. The third-order valence-corrected chi connectivity index (χ3v) is 3.66. The zero-order valence-corrected chi connectivity index (χ0v) is 11.6. The summed E-state index contributed by atoms with van der Waals surface area (Å²) in [6, 6.07) is 3.29. The minimum absolute atomic E-state index is 0.211. The van der Waals surface area contributed by atoms with E-state index in [4.69, 9.17) is 9.47 Å². The van der Waals surface area contributed by atoms with Crippen molar-refractivity contribution >= 4 is 22.2 Å². The number of aldehydes is 1. The first-order valence-electron chi connectivity index (χ1n) is 5.83. The molecule has 0 heterocycles. The zero-order chi connectivity index (χ0) is 13.1. The lowest BCUT2D eigenvalue weighted by atomic mass is 10.2. The van der Waals surface area contributed by atoms with Crippen LogP contribution in [0.1, 0.15) is 29.6 Å². The van der Waals surface area contributed by atoms with Gasteiger partial charge in [-0.2, -0.15) is 0 Å². The zero-order valence-electron chi connectivity index (χ0n) is 10.1. The second kappa shape index (κ2) is 5.71. The fourth-order valence-corrected chi connectivity index (χ4v) is 2.67. The van der Waals surface area contributed by atoms with Gasteiger partial charge in [-0.3, -0.25) is 4.79 Å². The highest BCUT2D eigenvalue weighted by Gasteiger charge is 2.28. The average molecular weight is 315 g/mol. The highest BCUT2D eigenvalue weighted by Crippen LogP contribution is 2.38. The lowest BCUT2D eigenvalue weighted by Crippen LogP contribution is -2.26. The van der Waals surface area contributed by atoms with Crippen LogP contribution in [0.15, 0.2) is 16.6 Å². The number of carbonyl (C=O) groups is 1. The van der Waals surface area contributed by atoms with Crippen molar-refractivity contribution in [1.82, 2.24) is 0 Å². The van der Waals surface area contributed by atoms with Gasteiger partial charge in [0.05, 0.1) is 17.7 Å². The normalized spacial score (nSPS) is 22.8. The van der Waals surface area contributed by atoms with E-state index in [2.05, 4.69) is 15.9 Å². The molecule has 0 bridgehead atoms. The minimum atomic E-state index is -0.438. The molecule has 98 valence electrons. The molecule has 0 aromatic heterocycles. The van der Waals surface area contributed by atoms with E-state index in [0.717, 1.165) is 25.5 Å². The Morgan fingerprint density at radius 3 is 2.78 bits per heavy atom. The molecule has 2 unspecified atom stereocenters. The molecule has 1 aromatic carbocycles. The number of rotatable bonds is 4. The molecule has 1 aliphatic rings. The van der Waals surface area contributed by atoms with E-state index in [1.165, 1.54) is 7.11 Å². The SMILES string of the molecule is COc1cc(C=O)cc(Br)c1OC1CCCC1O. The standard InChI is InChI=1S/C13H15BrO4/c1-17-12-6-8(7-15)5-9(14)13(12)18-11-4-2-3-10(11)16/h5-7,10-11,16H,2-4H2,1H3. The number of ether oxygens (including phenoxy) is 2. The largest absolute Gasteiger partial charge is 0.493 e. The molecule has 0 aliphatic heterocycles. The summed E-state index contributed by atoms with van der Waals surface area (Å²) in [5, 5.41) is 9.77. The Morgan fingerprint density at radius 2 is 2.22 bits per heavy atom. The number of carbonyl (C=O) groups excluding carboxylic acids is 1. The highest BCUT2D eigenvalue weighted by molar-refractivity contribution is 9.10. The van der Waals surface area contributed by atoms with Gasteiger partial charge in [0.2, 0.25) is 0 Å². The first kappa shape index (κ1) is 13.4. The quantitative estimate of drug-likeness (QED) is 0.868. The van der Waals surface area contributed by atoms with Crippen LogP contribution in [-0.4, -0.2) is 30.7 Å². The highest BCUT2D eigenvalue weighted by atomic mass is 79.9. The van der Waals surface area contributed by atoms with Crippen LogP contribution >= 0.6 is 15.9 Å². The molecular weight excluding hydrogens is 300 g/mol. The molecule has 1 aliphatic carbocycles. The molecule has 4 nitrogen and oxygen atoms in total. The molecule has 0 radical (unpaired) electrons. The Bertz CT molecular complexity index is 447. The van der Waals surface area contributed by atoms with Crippen LogP contribution in [-0.2, 0) is 0 Å². The first-order valence-corrected chi connectivity index (χ1v) is 6.62. The van der Waals surface area contributed by atoms with Crippen LogP contribution in [0.2, 0.25) is 0 Å². The van der Waals surface area contributed by atoms with Gasteiger partial charge in [0.25, 0.3) is 0 Å². The van der Waals surface area contributed by atoms with Gasteiger partial charge < -0.3 is 14.6 Å². The van der Waals surface area contributed by atoms with Crippen LogP contribution in [0, 0.1) is 0 Å². The van der Waals surface area contributed by atoms with Crippen molar-refractivity contribution in [3.05, 3.63) is 22.2 Å². The molecule has 0 saturated heterocycles. The molecule has 1 fully saturated rings. The predicted molar refractivity (Wildman–Crippen MR) is 70.4 cm³/mol. The summed E-state index contributed by atoms with van der Waals surface area (Å²) < 4.78 is 11.7. The van der Waals surface area contributed by atoms with Crippen molar-refractivity contribution in [3.63, 3.8) is 0 Å². The molecule has 1 aromatic rings. The number of halogens is 1. The van der Waals surface area contributed by atoms with Crippen molar-refractivity contribution in [1.29, 1.82) is 0 Å². The number of aliphatic hydroxyl groups is 1. The number of methoxy groups -OCH3 is 1. The molecule has 1 saturated carbocycles. The van der Waals surface area contributed by atoms with Crippen LogP contribution in [0.4, 0.5) is 0 Å². The van der Waals surface area contributed by atoms with Crippen LogP contribution in [0.3, 0.4) is 0 Å². The smallest absolute Gasteiger partial charge is 0.175 e. The van der Waals surface area contributed by atoms with Gasteiger partial charge in [-0.15, -0.1) is 0 Å². The maximum Gasteiger partial charge on any atom is 0.175 e. The van der Waals surface area contributed by atoms with E-state index >= 15 is 0 Å². The summed E-state index contributed by atoms with van der Waals surface area (Å²) in [4.78, 5) is 10.8. The number of hydrogen-bond acceptors (Lipinski definition) is 4. The first-order chi connectivity index (χ1) is 8.65. The third-order valence-electron chi connectivity index (χ3n) is 3.07. The van der Waals surface area contributed by atoms with Crippen LogP contribution in [0.25, 0.3) is 0 Å². The average Bonchev–Trinajstić information content (AvgIpc) is 2.77. The van der Waals surface area contributed by atoms with Crippen molar-refractivity contribution in [2.75, 3.05) is 7.11 Å². The fraction of sp³-hybridized carbons (Fsp3) is 0.462. The number of hydrogen-bond donors (Lipinski definition) is 1. The van der Waals surface area contributed by atoms with E-state index in [-0.39, 0.29) is 6.10 Å². The molecule has 0 spiro atoms. The van der Waals surface area contributed by atoms with Gasteiger partial charge in [0, 0.05) is 5.56 Å². The maximum atomic E-state index is 10.8. The summed E-state index contributed by atoms with van der Waals surface area (Å²) in [6.45, 7) is 0. The van der Waals surface area contributed by atoms with Crippen molar-refractivity contribution in [2.45, 2.75) is 31.5 Å². The van der Waals surface area contributed by atoms with Crippen molar-refractivity contribution in [2.24, 2.45) is 0 Å². The summed E-state index contributed by atoms with van der Waals surface area (Å²) >= 11 is 3.36. The molecule has 2 atom stereocenters. The van der Waals surface area contributed by atoms with E-state index in [0.29, 0.717) is 21.5 Å². The Hall–Kier alpha value is -1.07. The van der Waals surface area contributed by atoms with Crippen LogP contribution < -0.4 is 9.47 Å². The van der Waals surface area contributed by atoms with Gasteiger partial charge in [-0.05, 0) is 47.3 Å². The van der Waals surface area contributed by atoms with E-state index in [1.54, 1.807) is 12.1 Å². The second-order valence-electron chi connectivity index (χ2n) is 4.31.